The van der Waals surface area contributed by atoms with Crippen molar-refractivity contribution in [1.82, 2.24) is 0 Å². The number of urea groups is 1. The van der Waals surface area contributed by atoms with E-state index in [2.05, 4.69) is 9.98 Å². The van der Waals surface area contributed by atoms with Gasteiger partial charge in [-0.05, 0) is 12.1 Å². The van der Waals surface area contributed by atoms with Gasteiger partial charge in [0, 0.05) is 17.7 Å². The first-order chi connectivity index (χ1) is 8.08. The van der Waals surface area contributed by atoms with Crippen molar-refractivity contribution in [2.75, 3.05) is 0 Å². The van der Waals surface area contributed by atoms with Crippen molar-refractivity contribution in [3.05, 3.63) is 39.9 Å². The number of amides is 2. The van der Waals surface area contributed by atoms with E-state index in [1.54, 1.807) is 0 Å². The Morgan fingerprint density at radius 2 is 1.88 bits per heavy atom. The highest BCUT2D eigenvalue weighted by atomic mass is 16.6. The van der Waals surface area contributed by atoms with Crippen LogP contribution in [-0.2, 0) is 0 Å². The first kappa shape index (κ1) is 10.8. The number of ketones is 1. The summed E-state index contributed by atoms with van der Waals surface area (Å²) >= 11 is 0. The molecule has 0 bridgehead atoms. The zero-order valence-corrected chi connectivity index (χ0v) is 8.36. The second-order valence-electron chi connectivity index (χ2n) is 3.17. The summed E-state index contributed by atoms with van der Waals surface area (Å²) in [5, 5.41) is 10.4. The summed E-state index contributed by atoms with van der Waals surface area (Å²) < 4.78 is 0. The van der Waals surface area contributed by atoms with Gasteiger partial charge in [-0.15, -0.1) is 0 Å². The van der Waals surface area contributed by atoms with Crippen molar-refractivity contribution < 1.29 is 14.5 Å². The smallest absolute Gasteiger partial charge is 0.287 e. The Kier molecular flexibility index (Phi) is 2.57. The number of hydrogen-bond acceptors (Lipinski definition) is 4. The highest BCUT2D eigenvalue weighted by Gasteiger charge is 2.18. The van der Waals surface area contributed by atoms with Crippen LogP contribution in [0.4, 0.5) is 10.5 Å². The van der Waals surface area contributed by atoms with Crippen LogP contribution in [0.15, 0.2) is 34.3 Å². The van der Waals surface area contributed by atoms with E-state index >= 15 is 0 Å². The summed E-state index contributed by atoms with van der Waals surface area (Å²) in [6.45, 7) is 0. The van der Waals surface area contributed by atoms with Gasteiger partial charge in [0.25, 0.3) is 5.69 Å². The average Bonchev–Trinajstić information content (AvgIpc) is 2.75. The Morgan fingerprint density at radius 1 is 1.24 bits per heavy atom. The molecular formula is C10H5N3O4. The van der Waals surface area contributed by atoms with Gasteiger partial charge in [-0.3, -0.25) is 14.9 Å². The van der Waals surface area contributed by atoms with E-state index in [-0.39, 0.29) is 17.0 Å². The minimum Gasteiger partial charge on any atom is -0.287 e. The van der Waals surface area contributed by atoms with Crippen LogP contribution in [0.5, 0.6) is 0 Å². The van der Waals surface area contributed by atoms with Crippen molar-refractivity contribution in [2.24, 2.45) is 9.98 Å². The van der Waals surface area contributed by atoms with Crippen LogP contribution in [0.3, 0.4) is 0 Å². The molecule has 17 heavy (non-hydrogen) atoms. The second-order valence-corrected chi connectivity index (χ2v) is 3.17. The molecular weight excluding hydrogens is 226 g/mol. The molecule has 7 nitrogen and oxygen atoms in total. The maximum Gasteiger partial charge on any atom is 0.367 e. The van der Waals surface area contributed by atoms with Crippen LogP contribution in [0.2, 0.25) is 0 Å². The lowest BCUT2D eigenvalue weighted by Gasteiger charge is -1.97. The second kappa shape index (κ2) is 4.05. The molecule has 0 spiro atoms. The number of carbonyl (C=O) groups is 2. The summed E-state index contributed by atoms with van der Waals surface area (Å²) in [5.74, 6) is -0.491. The number of rotatable bonds is 3. The molecule has 1 aliphatic heterocycles. The van der Waals surface area contributed by atoms with E-state index in [0.717, 1.165) is 6.21 Å². The van der Waals surface area contributed by atoms with Gasteiger partial charge in [-0.1, -0.05) is 0 Å². The van der Waals surface area contributed by atoms with E-state index in [1.165, 1.54) is 24.3 Å². The number of nitro groups is 1. The van der Waals surface area contributed by atoms with Crippen LogP contribution in [0.1, 0.15) is 10.4 Å². The lowest BCUT2D eigenvalue weighted by Crippen LogP contribution is -2.13. The minimum absolute atomic E-state index is 0.0659. The van der Waals surface area contributed by atoms with Gasteiger partial charge in [0.2, 0.25) is 5.78 Å². The highest BCUT2D eigenvalue weighted by molar-refractivity contribution is 6.67. The Bertz CT molecular complexity index is 572. The molecule has 7 heteroatoms. The van der Waals surface area contributed by atoms with Gasteiger partial charge in [-0.25, -0.2) is 4.79 Å². The van der Waals surface area contributed by atoms with Gasteiger partial charge in [0.15, 0.2) is 0 Å². The fourth-order valence-electron chi connectivity index (χ4n) is 1.27. The molecule has 0 saturated carbocycles. The van der Waals surface area contributed by atoms with Gasteiger partial charge in [-0.2, -0.15) is 9.98 Å². The van der Waals surface area contributed by atoms with E-state index in [9.17, 15) is 19.7 Å². The first-order valence-electron chi connectivity index (χ1n) is 4.54. The summed E-state index contributed by atoms with van der Waals surface area (Å²) in [6, 6.07) is 4.30. The van der Waals surface area contributed by atoms with E-state index in [4.69, 9.17) is 0 Å². The fraction of sp³-hybridized carbons (Fsp3) is 0. The molecule has 2 amide bonds. The van der Waals surface area contributed by atoms with Crippen molar-refractivity contribution in [3.8, 4) is 0 Å². The van der Waals surface area contributed by atoms with Crippen LogP contribution < -0.4 is 0 Å². The first-order valence-corrected chi connectivity index (χ1v) is 4.54. The van der Waals surface area contributed by atoms with Gasteiger partial charge in [0.1, 0.15) is 5.71 Å². The monoisotopic (exact) mass is 231 g/mol. The van der Waals surface area contributed by atoms with Crippen LogP contribution in [0.25, 0.3) is 0 Å². The summed E-state index contributed by atoms with van der Waals surface area (Å²) in [7, 11) is 0. The number of hydrogen-bond donors (Lipinski definition) is 0. The summed E-state index contributed by atoms with van der Waals surface area (Å²) in [4.78, 5) is 39.0. The molecule has 1 aromatic carbocycles. The number of benzene rings is 1. The molecule has 0 fully saturated rings. The Morgan fingerprint density at radius 3 is 2.35 bits per heavy atom. The number of nitrogens with zero attached hydrogens (tertiary/aromatic N) is 3. The predicted octanol–water partition coefficient (Wildman–Crippen LogP) is 1.42. The molecule has 0 N–H and O–H groups in total. The van der Waals surface area contributed by atoms with E-state index in [0.29, 0.717) is 0 Å². The fourth-order valence-corrected chi connectivity index (χ4v) is 1.27. The Hall–Kier alpha value is -2.70. The highest BCUT2D eigenvalue weighted by Crippen LogP contribution is 2.13. The molecule has 0 unspecified atom stereocenters. The molecule has 1 aliphatic rings. The van der Waals surface area contributed by atoms with Crippen molar-refractivity contribution in [3.63, 3.8) is 0 Å². The zero-order chi connectivity index (χ0) is 12.4. The van der Waals surface area contributed by atoms with Crippen LogP contribution in [-0.4, -0.2) is 28.7 Å². The van der Waals surface area contributed by atoms with Gasteiger partial charge < -0.3 is 0 Å². The maximum atomic E-state index is 11.7. The normalized spacial score (nSPS) is 13.6. The molecule has 84 valence electrons. The molecule has 0 aliphatic carbocycles. The van der Waals surface area contributed by atoms with Crippen molar-refractivity contribution in [2.45, 2.75) is 0 Å². The third-order valence-corrected chi connectivity index (χ3v) is 2.09. The van der Waals surface area contributed by atoms with Crippen LogP contribution in [0, 0.1) is 10.1 Å². The molecule has 0 aromatic heterocycles. The zero-order valence-electron chi connectivity index (χ0n) is 8.36. The quantitative estimate of drug-likeness (QED) is 0.445. The molecule has 2 rings (SSSR count). The summed E-state index contributed by atoms with van der Waals surface area (Å²) in [5.41, 5.74) is 0.0407. The number of aliphatic imine (C=N–C) groups is 2. The third-order valence-electron chi connectivity index (χ3n) is 2.09. The molecule has 0 radical (unpaired) electrons. The van der Waals surface area contributed by atoms with Gasteiger partial charge in [0.05, 0.1) is 11.1 Å². The largest absolute Gasteiger partial charge is 0.367 e. The number of nitro benzene ring substituents is 1. The number of non-ortho nitro benzene ring substituents is 1. The molecule has 1 heterocycles. The molecule has 0 saturated heterocycles. The maximum absolute atomic E-state index is 11.7. The third kappa shape index (κ3) is 2.12. The Balaban J connectivity index is 2.27. The standard InChI is InChI=1S/C10H5N3O4/c14-9(8-5-11-10(15)12-8)6-1-3-7(4-2-6)13(16)17/h1-5H. The molecule has 1 aromatic rings. The van der Waals surface area contributed by atoms with E-state index in [1.807, 2.05) is 0 Å². The van der Waals surface area contributed by atoms with E-state index < -0.39 is 16.7 Å². The number of Topliss-reactive ketones (excluding diaryl/α,β-unsaturated/α-hetero) is 1. The SMILES string of the molecule is O=C1N=CC(C(=O)c2ccc([N+](=O)[O-])cc2)=N1. The minimum atomic E-state index is -0.727. The summed E-state index contributed by atoms with van der Waals surface area (Å²) in [6.07, 6.45) is 1.08. The van der Waals surface area contributed by atoms with Crippen molar-refractivity contribution in [1.29, 1.82) is 0 Å². The topological polar surface area (TPSA) is 102 Å². The van der Waals surface area contributed by atoms with Crippen molar-refractivity contribution >= 4 is 29.4 Å². The predicted molar refractivity (Wildman–Crippen MR) is 58.7 cm³/mol. The van der Waals surface area contributed by atoms with Gasteiger partial charge >= 0.3 is 6.03 Å². The number of carbonyl (C=O) groups excluding carboxylic acids is 2. The average molecular weight is 231 g/mol. The molecule has 0 atom stereocenters. The van der Waals surface area contributed by atoms with Crippen LogP contribution >= 0.6 is 0 Å². The Labute approximate surface area is 94.7 Å². The lowest BCUT2D eigenvalue weighted by atomic mass is 10.1. The lowest BCUT2D eigenvalue weighted by molar-refractivity contribution is -0.384.